The van der Waals surface area contributed by atoms with E-state index in [1.807, 2.05) is 0 Å². The van der Waals surface area contributed by atoms with Gasteiger partial charge in [-0.25, -0.2) is 0 Å². The van der Waals surface area contributed by atoms with Crippen molar-refractivity contribution in [3.05, 3.63) is 0 Å². The Morgan fingerprint density at radius 3 is 2.15 bits per heavy atom. The van der Waals surface area contributed by atoms with E-state index in [1.54, 1.807) is 6.92 Å². The summed E-state index contributed by atoms with van der Waals surface area (Å²) in [4.78, 5) is 2.23. The molecule has 1 saturated heterocycles. The summed E-state index contributed by atoms with van der Waals surface area (Å²) in [6.45, 7) is 8.46. The Labute approximate surface area is 80.4 Å². The molecule has 1 fully saturated rings. The van der Waals surface area contributed by atoms with Crippen LogP contribution in [-0.2, 0) is 0 Å². The Morgan fingerprint density at radius 2 is 1.77 bits per heavy atom. The number of hydrogen-bond acceptors (Lipinski definition) is 3. The zero-order chi connectivity index (χ0) is 10.0. The van der Waals surface area contributed by atoms with Crippen molar-refractivity contribution in [3.8, 4) is 0 Å². The summed E-state index contributed by atoms with van der Waals surface area (Å²) in [5.41, 5.74) is 0. The first-order valence-electron chi connectivity index (χ1n) is 5.09. The lowest BCUT2D eigenvalue weighted by atomic mass is 9.88. The number of β-amino-alcohol motifs (C(OH)–C–C–N with tert-alkyl or cyclic N) is 1. The molecule has 0 spiro atoms. The summed E-state index contributed by atoms with van der Waals surface area (Å²) in [5, 5.41) is 18.9. The second kappa shape index (κ2) is 4.40. The van der Waals surface area contributed by atoms with Crippen LogP contribution >= 0.6 is 0 Å². The van der Waals surface area contributed by atoms with E-state index in [0.29, 0.717) is 11.8 Å². The first-order valence-corrected chi connectivity index (χ1v) is 5.09. The van der Waals surface area contributed by atoms with Crippen LogP contribution in [-0.4, -0.2) is 47.0 Å². The van der Waals surface area contributed by atoms with Crippen molar-refractivity contribution in [1.82, 2.24) is 4.90 Å². The Bertz CT molecular complexity index is 149. The quantitative estimate of drug-likeness (QED) is 0.654. The fourth-order valence-corrected chi connectivity index (χ4v) is 2.19. The first kappa shape index (κ1) is 11.0. The fraction of sp³-hybridized carbons (Fsp3) is 1.00. The van der Waals surface area contributed by atoms with E-state index in [2.05, 4.69) is 18.7 Å². The number of aliphatic hydroxyl groups is 2. The number of aliphatic hydroxyl groups excluding tert-OH is 2. The van der Waals surface area contributed by atoms with Crippen molar-refractivity contribution < 1.29 is 10.2 Å². The largest absolute Gasteiger partial charge is 0.392 e. The first-order chi connectivity index (χ1) is 6.00. The number of nitrogens with zero attached hydrogens (tertiary/aromatic N) is 1. The Morgan fingerprint density at radius 1 is 1.31 bits per heavy atom. The third-order valence-corrected chi connectivity index (χ3v) is 2.78. The normalized spacial score (nSPS) is 39.0. The zero-order valence-corrected chi connectivity index (χ0v) is 8.77. The average molecular weight is 187 g/mol. The summed E-state index contributed by atoms with van der Waals surface area (Å²) >= 11 is 0. The van der Waals surface area contributed by atoms with Crippen LogP contribution in [0.3, 0.4) is 0 Å². The van der Waals surface area contributed by atoms with Gasteiger partial charge in [0.2, 0.25) is 0 Å². The van der Waals surface area contributed by atoms with Crippen LogP contribution in [0.15, 0.2) is 0 Å². The van der Waals surface area contributed by atoms with E-state index in [1.165, 1.54) is 0 Å². The van der Waals surface area contributed by atoms with Crippen LogP contribution < -0.4 is 0 Å². The Kier molecular flexibility index (Phi) is 3.71. The maximum absolute atomic E-state index is 9.71. The van der Waals surface area contributed by atoms with Gasteiger partial charge in [-0.15, -0.1) is 0 Å². The van der Waals surface area contributed by atoms with Crippen molar-refractivity contribution in [3.63, 3.8) is 0 Å². The molecule has 2 N–H and O–H groups in total. The maximum Gasteiger partial charge on any atom is 0.0639 e. The lowest BCUT2D eigenvalue weighted by Crippen LogP contribution is -2.49. The summed E-state index contributed by atoms with van der Waals surface area (Å²) < 4.78 is 0. The van der Waals surface area contributed by atoms with Crippen molar-refractivity contribution in [2.24, 2.45) is 11.8 Å². The molecule has 1 aliphatic heterocycles. The van der Waals surface area contributed by atoms with Crippen molar-refractivity contribution in [2.45, 2.75) is 33.0 Å². The monoisotopic (exact) mass is 187 g/mol. The van der Waals surface area contributed by atoms with Crippen molar-refractivity contribution >= 4 is 0 Å². The van der Waals surface area contributed by atoms with Crippen LogP contribution in [0.5, 0.6) is 0 Å². The zero-order valence-electron chi connectivity index (χ0n) is 8.77. The number of piperidine rings is 1. The molecule has 0 aromatic rings. The molecule has 1 aliphatic rings. The van der Waals surface area contributed by atoms with Gasteiger partial charge in [0.05, 0.1) is 12.2 Å². The highest BCUT2D eigenvalue weighted by molar-refractivity contribution is 4.82. The molecule has 2 unspecified atom stereocenters. The van der Waals surface area contributed by atoms with Crippen LogP contribution in [0, 0.1) is 11.8 Å². The standard InChI is InChI=1S/C10H21NO2/c1-7-4-11(6-9(3)12)5-8(2)10(7)13/h7-10,12-13H,4-6H2,1-3H3/t7?,8?,9-,10?/m0/s1. The number of hydrogen-bond donors (Lipinski definition) is 2. The number of rotatable bonds is 2. The minimum atomic E-state index is -0.269. The highest BCUT2D eigenvalue weighted by Gasteiger charge is 2.30. The summed E-state index contributed by atoms with van der Waals surface area (Å²) in [6, 6.07) is 0. The molecular weight excluding hydrogens is 166 g/mol. The Hall–Kier alpha value is -0.120. The Balaban J connectivity index is 2.44. The SMILES string of the molecule is CC1CN(C[C@H](C)O)CC(C)C1O. The number of likely N-dealkylation sites (tertiary alicyclic amines) is 1. The maximum atomic E-state index is 9.71. The molecule has 0 bridgehead atoms. The van der Waals surface area contributed by atoms with E-state index in [-0.39, 0.29) is 12.2 Å². The second-order valence-electron chi connectivity index (χ2n) is 4.51. The second-order valence-corrected chi connectivity index (χ2v) is 4.51. The smallest absolute Gasteiger partial charge is 0.0639 e. The van der Waals surface area contributed by atoms with Gasteiger partial charge >= 0.3 is 0 Å². The topological polar surface area (TPSA) is 43.7 Å². The van der Waals surface area contributed by atoms with Gasteiger partial charge in [-0.1, -0.05) is 13.8 Å². The molecule has 0 aliphatic carbocycles. The molecule has 13 heavy (non-hydrogen) atoms. The predicted molar refractivity (Wildman–Crippen MR) is 52.5 cm³/mol. The molecule has 1 rings (SSSR count). The van der Waals surface area contributed by atoms with Gasteiger partial charge in [0, 0.05) is 19.6 Å². The third kappa shape index (κ3) is 2.93. The van der Waals surface area contributed by atoms with Gasteiger partial charge in [-0.3, -0.25) is 0 Å². The third-order valence-electron chi connectivity index (χ3n) is 2.78. The lowest BCUT2D eigenvalue weighted by molar-refractivity contribution is -0.0196. The molecule has 0 amide bonds. The summed E-state index contributed by atoms with van der Waals surface area (Å²) in [6.07, 6.45) is -0.445. The van der Waals surface area contributed by atoms with Crippen LogP contribution in [0.4, 0.5) is 0 Å². The fourth-order valence-electron chi connectivity index (χ4n) is 2.19. The highest BCUT2D eigenvalue weighted by Crippen LogP contribution is 2.21. The van der Waals surface area contributed by atoms with E-state index in [9.17, 15) is 10.2 Å². The van der Waals surface area contributed by atoms with Gasteiger partial charge < -0.3 is 15.1 Å². The van der Waals surface area contributed by atoms with Crippen molar-refractivity contribution in [1.29, 1.82) is 0 Å². The van der Waals surface area contributed by atoms with E-state index in [0.717, 1.165) is 19.6 Å². The van der Waals surface area contributed by atoms with Crippen LogP contribution in [0.1, 0.15) is 20.8 Å². The average Bonchev–Trinajstić information content (AvgIpc) is 1.98. The molecule has 3 nitrogen and oxygen atoms in total. The summed E-state index contributed by atoms with van der Waals surface area (Å²) in [7, 11) is 0. The molecule has 3 atom stereocenters. The molecule has 0 radical (unpaired) electrons. The van der Waals surface area contributed by atoms with Gasteiger partial charge in [0.1, 0.15) is 0 Å². The van der Waals surface area contributed by atoms with Gasteiger partial charge in [0.25, 0.3) is 0 Å². The minimum absolute atomic E-state index is 0.176. The molecule has 0 aromatic heterocycles. The van der Waals surface area contributed by atoms with E-state index >= 15 is 0 Å². The molecule has 0 saturated carbocycles. The van der Waals surface area contributed by atoms with Gasteiger partial charge in [-0.05, 0) is 18.8 Å². The van der Waals surface area contributed by atoms with E-state index < -0.39 is 0 Å². The summed E-state index contributed by atoms with van der Waals surface area (Å²) in [5.74, 6) is 0.644. The molecule has 1 heterocycles. The van der Waals surface area contributed by atoms with Gasteiger partial charge in [0.15, 0.2) is 0 Å². The van der Waals surface area contributed by atoms with Crippen molar-refractivity contribution in [2.75, 3.05) is 19.6 Å². The minimum Gasteiger partial charge on any atom is -0.392 e. The van der Waals surface area contributed by atoms with Gasteiger partial charge in [-0.2, -0.15) is 0 Å². The molecule has 3 heteroatoms. The van der Waals surface area contributed by atoms with Crippen LogP contribution in [0.25, 0.3) is 0 Å². The predicted octanol–water partition coefficient (Wildman–Crippen LogP) is 0.316. The molecule has 0 aromatic carbocycles. The molecular formula is C10H21NO2. The lowest BCUT2D eigenvalue weighted by Gasteiger charge is -2.39. The molecule has 78 valence electrons. The van der Waals surface area contributed by atoms with E-state index in [4.69, 9.17) is 0 Å². The highest BCUT2D eigenvalue weighted by atomic mass is 16.3. The van der Waals surface area contributed by atoms with Crippen LogP contribution in [0.2, 0.25) is 0 Å².